The molecule has 0 bridgehead atoms. The third kappa shape index (κ3) is 10.7. The molecule has 266 valence electrons. The van der Waals surface area contributed by atoms with E-state index in [2.05, 4.69) is 49.5 Å². The second-order valence-corrected chi connectivity index (χ2v) is 20.3. The highest BCUT2D eigenvalue weighted by molar-refractivity contribution is 6.74. The topological polar surface area (TPSA) is 92.8 Å². The summed E-state index contributed by atoms with van der Waals surface area (Å²) in [5.74, 6) is -0.291. The van der Waals surface area contributed by atoms with E-state index in [0.717, 1.165) is 16.8 Å². The monoisotopic (exact) mass is 714 g/mol. The predicted octanol–water partition coefficient (Wildman–Crippen LogP) is 10.5. The van der Waals surface area contributed by atoms with Gasteiger partial charge in [-0.2, -0.15) is 0 Å². The number of rotatable bonds is 12. The molecule has 0 unspecified atom stereocenters. The number of hydrogen-bond donors (Lipinski definition) is 2. The maximum Gasteiger partial charge on any atom is 0.410 e. The van der Waals surface area contributed by atoms with Gasteiger partial charge in [-0.25, -0.2) is 4.79 Å². The van der Waals surface area contributed by atoms with Gasteiger partial charge in [0.05, 0.1) is 12.6 Å². The van der Waals surface area contributed by atoms with Gasteiger partial charge in [-0.05, 0) is 99.4 Å². The number of pyridine rings is 1. The lowest BCUT2D eigenvalue weighted by Crippen LogP contribution is -2.49. The molecule has 2 atom stereocenters. The van der Waals surface area contributed by atoms with Gasteiger partial charge in [0.15, 0.2) is 8.32 Å². The molecule has 10 heteroatoms. The number of para-hydroxylation sites is 1. The zero-order valence-electron chi connectivity index (χ0n) is 30.7. The molecule has 3 aromatic carbocycles. The molecule has 0 aliphatic heterocycles. The Morgan fingerprint density at radius 2 is 1.56 bits per heavy atom. The van der Waals surface area contributed by atoms with E-state index < -0.39 is 26.1 Å². The first kappa shape index (κ1) is 38.6. The second-order valence-electron chi connectivity index (χ2n) is 15.1. The molecule has 0 radical (unpaired) electrons. The summed E-state index contributed by atoms with van der Waals surface area (Å²) in [7, 11) is -2.27. The molecule has 0 aliphatic carbocycles. The van der Waals surface area contributed by atoms with Gasteiger partial charge in [0.2, 0.25) is 0 Å². The first-order valence-corrected chi connectivity index (χ1v) is 20.3. The van der Waals surface area contributed by atoms with Crippen LogP contribution in [0.4, 0.5) is 16.2 Å². The molecule has 2 N–H and O–H groups in total. The fourth-order valence-electron chi connectivity index (χ4n) is 5.09. The van der Waals surface area contributed by atoms with Crippen LogP contribution >= 0.6 is 11.6 Å². The molecule has 0 fully saturated rings. The SMILES string of the molecule is C[C@H](CNc1cccc(-c2cccnc2C(=O)Nc2ccccc2)c1)N(C[C@H](O[Si](C)(C)C(C)(C)C)c1cccc(Cl)c1)C(=O)OC(C)(C)C. The third-order valence-corrected chi connectivity index (χ3v) is 13.5. The first-order chi connectivity index (χ1) is 23.4. The summed E-state index contributed by atoms with van der Waals surface area (Å²) in [6.45, 7) is 19.3. The van der Waals surface area contributed by atoms with Crippen molar-refractivity contribution in [1.29, 1.82) is 0 Å². The Morgan fingerprint density at radius 3 is 2.22 bits per heavy atom. The summed E-state index contributed by atoms with van der Waals surface area (Å²) < 4.78 is 12.9. The summed E-state index contributed by atoms with van der Waals surface area (Å²) in [5, 5.41) is 7.01. The number of benzene rings is 3. The number of amides is 2. The van der Waals surface area contributed by atoms with Crippen molar-refractivity contribution in [3.63, 3.8) is 0 Å². The van der Waals surface area contributed by atoms with E-state index in [1.54, 1.807) is 11.1 Å². The normalized spacial score (nSPS) is 13.2. The molecule has 0 saturated heterocycles. The van der Waals surface area contributed by atoms with E-state index >= 15 is 0 Å². The minimum absolute atomic E-state index is 0.0465. The molecule has 1 aromatic heterocycles. The molecule has 8 nitrogen and oxygen atoms in total. The molecule has 0 aliphatic rings. The molecule has 4 rings (SSSR count). The number of carbonyl (C=O) groups is 2. The van der Waals surface area contributed by atoms with E-state index in [0.29, 0.717) is 28.5 Å². The minimum Gasteiger partial charge on any atom is -0.444 e. The number of carbonyl (C=O) groups excluding carboxylic acids is 2. The summed E-state index contributed by atoms with van der Waals surface area (Å²) in [4.78, 5) is 33.2. The summed E-state index contributed by atoms with van der Waals surface area (Å²) >= 11 is 6.45. The number of halogens is 1. The highest BCUT2D eigenvalue weighted by Crippen LogP contribution is 2.40. The number of nitrogens with one attached hydrogen (secondary N) is 2. The molecule has 2 amide bonds. The highest BCUT2D eigenvalue weighted by Gasteiger charge is 2.41. The van der Waals surface area contributed by atoms with Crippen molar-refractivity contribution in [1.82, 2.24) is 9.88 Å². The van der Waals surface area contributed by atoms with E-state index in [4.69, 9.17) is 20.8 Å². The standard InChI is InChI=1S/C40H51ClN4O4Si/c1-28(26-43-33-21-14-16-29(25-33)34-22-15-23-42-36(34)37(46)44-32-19-11-10-12-20-32)45(38(47)48-39(2,3)4)27-35(30-17-13-18-31(41)24-30)49-50(8,9)40(5,6)7/h10-25,28,35,43H,26-27H2,1-9H3,(H,44,46)/t28-,35+/m1/s1. The lowest BCUT2D eigenvalue weighted by atomic mass is 10.0. The van der Waals surface area contributed by atoms with Crippen LogP contribution in [0.1, 0.15) is 70.6 Å². The number of ether oxygens (including phenoxy) is 1. The fourth-order valence-corrected chi connectivity index (χ4v) is 6.56. The van der Waals surface area contributed by atoms with Crippen molar-refractivity contribution in [2.24, 2.45) is 0 Å². The second kappa shape index (κ2) is 16.2. The van der Waals surface area contributed by atoms with Crippen molar-refractivity contribution in [3.8, 4) is 11.1 Å². The van der Waals surface area contributed by atoms with Crippen LogP contribution in [0.25, 0.3) is 11.1 Å². The van der Waals surface area contributed by atoms with Gasteiger partial charge in [0.25, 0.3) is 5.91 Å². The number of nitrogens with zero attached hydrogens (tertiary/aromatic N) is 2. The molecule has 0 spiro atoms. The highest BCUT2D eigenvalue weighted by atomic mass is 35.5. The Bertz CT molecular complexity index is 1750. The van der Waals surface area contributed by atoms with Crippen LogP contribution in [0.15, 0.2) is 97.2 Å². The van der Waals surface area contributed by atoms with Gasteiger partial charge in [0, 0.05) is 40.7 Å². The average molecular weight is 715 g/mol. The zero-order valence-corrected chi connectivity index (χ0v) is 32.5. The smallest absolute Gasteiger partial charge is 0.410 e. The predicted molar refractivity (Wildman–Crippen MR) is 207 cm³/mol. The van der Waals surface area contributed by atoms with E-state index in [1.807, 2.05) is 119 Å². The van der Waals surface area contributed by atoms with Crippen molar-refractivity contribution in [2.75, 3.05) is 23.7 Å². The zero-order chi connectivity index (χ0) is 36.7. The fraction of sp³-hybridized carbons (Fsp3) is 0.375. The summed E-state index contributed by atoms with van der Waals surface area (Å²) in [6, 6.07) is 28.2. The van der Waals surface area contributed by atoms with E-state index in [-0.39, 0.29) is 23.5 Å². The van der Waals surface area contributed by atoms with Crippen LogP contribution < -0.4 is 10.6 Å². The van der Waals surface area contributed by atoms with Crippen LogP contribution in [-0.2, 0) is 9.16 Å². The Labute approximate surface area is 303 Å². The summed E-state index contributed by atoms with van der Waals surface area (Å²) in [6.07, 6.45) is 0.777. The number of hydrogen-bond acceptors (Lipinski definition) is 6. The van der Waals surface area contributed by atoms with Crippen LogP contribution in [-0.4, -0.2) is 54.9 Å². The maximum atomic E-state index is 13.8. The molecule has 50 heavy (non-hydrogen) atoms. The van der Waals surface area contributed by atoms with Crippen LogP contribution in [0.5, 0.6) is 0 Å². The Morgan fingerprint density at radius 1 is 0.880 bits per heavy atom. The number of anilines is 2. The third-order valence-electron chi connectivity index (χ3n) is 8.82. The first-order valence-electron chi connectivity index (χ1n) is 17.0. The molecular formula is C40H51ClN4O4Si. The van der Waals surface area contributed by atoms with Gasteiger partial charge in [-0.15, -0.1) is 0 Å². The Balaban J connectivity index is 1.59. The summed E-state index contributed by atoms with van der Waals surface area (Å²) in [5.41, 5.74) is 3.62. The molecule has 0 saturated carbocycles. The van der Waals surface area contributed by atoms with Gasteiger partial charge in [0.1, 0.15) is 11.3 Å². The van der Waals surface area contributed by atoms with Crippen molar-refractivity contribution < 1.29 is 18.8 Å². The van der Waals surface area contributed by atoms with Gasteiger partial charge in [-0.1, -0.05) is 80.9 Å². The van der Waals surface area contributed by atoms with Crippen LogP contribution in [0.3, 0.4) is 0 Å². The van der Waals surface area contributed by atoms with E-state index in [9.17, 15) is 9.59 Å². The lowest BCUT2D eigenvalue weighted by molar-refractivity contribution is 0.00798. The largest absolute Gasteiger partial charge is 0.444 e. The lowest BCUT2D eigenvalue weighted by Gasteiger charge is -2.41. The van der Waals surface area contributed by atoms with Crippen LogP contribution in [0, 0.1) is 0 Å². The van der Waals surface area contributed by atoms with Crippen LogP contribution in [0.2, 0.25) is 23.2 Å². The molecule has 1 heterocycles. The number of aromatic nitrogens is 1. The maximum absolute atomic E-state index is 13.8. The van der Waals surface area contributed by atoms with Gasteiger partial charge < -0.3 is 24.7 Å². The quantitative estimate of drug-likeness (QED) is 0.142. The van der Waals surface area contributed by atoms with Crippen molar-refractivity contribution in [2.45, 2.75) is 84.3 Å². The van der Waals surface area contributed by atoms with Crippen molar-refractivity contribution in [3.05, 3.63) is 113 Å². The molecular weight excluding hydrogens is 664 g/mol. The Hall–Kier alpha value is -4.18. The van der Waals surface area contributed by atoms with Gasteiger partial charge >= 0.3 is 6.09 Å². The van der Waals surface area contributed by atoms with Crippen molar-refractivity contribution >= 4 is 43.3 Å². The average Bonchev–Trinajstić information content (AvgIpc) is 3.04. The minimum atomic E-state index is -2.27. The Kier molecular flexibility index (Phi) is 12.5. The molecule has 4 aromatic rings. The van der Waals surface area contributed by atoms with Gasteiger partial charge in [-0.3, -0.25) is 9.78 Å². The van der Waals surface area contributed by atoms with E-state index in [1.165, 1.54) is 0 Å².